The zero-order valence-electron chi connectivity index (χ0n) is 10.3. The average Bonchev–Trinajstić information content (AvgIpc) is 2.80. The summed E-state index contributed by atoms with van der Waals surface area (Å²) in [5, 5.41) is 24.3. The van der Waals surface area contributed by atoms with E-state index in [2.05, 4.69) is 22.8 Å². The highest BCUT2D eigenvalue weighted by atomic mass is 32.1. The highest BCUT2D eigenvalue weighted by molar-refractivity contribution is 7.09. The number of nitrogens with one attached hydrogen (secondary N) is 1. The molecule has 0 spiro atoms. The summed E-state index contributed by atoms with van der Waals surface area (Å²) in [6, 6.07) is 8.95. The van der Waals surface area contributed by atoms with Crippen molar-refractivity contribution in [3.05, 3.63) is 46.2 Å². The SMILES string of the molecule is CC(NCCc1cccs1)c1cc(O)cc(O)c1. The summed E-state index contributed by atoms with van der Waals surface area (Å²) >= 11 is 1.76. The van der Waals surface area contributed by atoms with Crippen molar-refractivity contribution in [2.75, 3.05) is 6.54 Å². The molecule has 18 heavy (non-hydrogen) atoms. The van der Waals surface area contributed by atoms with Crippen LogP contribution in [0.25, 0.3) is 0 Å². The predicted octanol–water partition coefficient (Wildman–Crippen LogP) is 3.05. The summed E-state index contributed by atoms with van der Waals surface area (Å²) in [5.41, 5.74) is 0.888. The second kappa shape index (κ2) is 5.89. The van der Waals surface area contributed by atoms with Crippen LogP contribution in [0.15, 0.2) is 35.7 Å². The third-order valence-corrected chi connectivity index (χ3v) is 3.76. The van der Waals surface area contributed by atoms with Crippen LogP contribution < -0.4 is 5.32 Å². The van der Waals surface area contributed by atoms with Crippen molar-refractivity contribution in [1.82, 2.24) is 5.32 Å². The van der Waals surface area contributed by atoms with E-state index in [0.717, 1.165) is 18.5 Å². The fourth-order valence-electron chi connectivity index (χ4n) is 1.85. The number of aromatic hydroxyl groups is 2. The minimum Gasteiger partial charge on any atom is -0.508 e. The van der Waals surface area contributed by atoms with Gasteiger partial charge in [-0.3, -0.25) is 0 Å². The Bertz CT molecular complexity index is 476. The van der Waals surface area contributed by atoms with E-state index >= 15 is 0 Å². The zero-order valence-corrected chi connectivity index (χ0v) is 11.1. The van der Waals surface area contributed by atoms with Crippen LogP contribution in [0.1, 0.15) is 23.4 Å². The van der Waals surface area contributed by atoms with Crippen molar-refractivity contribution in [2.45, 2.75) is 19.4 Å². The van der Waals surface area contributed by atoms with Gasteiger partial charge in [0.25, 0.3) is 0 Å². The molecule has 0 saturated carbocycles. The van der Waals surface area contributed by atoms with Crippen LogP contribution >= 0.6 is 11.3 Å². The van der Waals surface area contributed by atoms with Gasteiger partial charge in [-0.15, -0.1) is 11.3 Å². The largest absolute Gasteiger partial charge is 0.508 e. The molecule has 1 heterocycles. The van der Waals surface area contributed by atoms with E-state index in [4.69, 9.17) is 0 Å². The quantitative estimate of drug-likeness (QED) is 0.777. The lowest BCUT2D eigenvalue weighted by Crippen LogP contribution is -2.21. The Labute approximate surface area is 111 Å². The predicted molar refractivity (Wildman–Crippen MR) is 74.2 cm³/mol. The van der Waals surface area contributed by atoms with Crippen molar-refractivity contribution in [3.63, 3.8) is 0 Å². The number of rotatable bonds is 5. The first kappa shape index (κ1) is 12.9. The van der Waals surface area contributed by atoms with Gasteiger partial charge < -0.3 is 15.5 Å². The minimum absolute atomic E-state index is 0.0944. The van der Waals surface area contributed by atoms with Crippen molar-refractivity contribution in [2.24, 2.45) is 0 Å². The number of hydrogen-bond acceptors (Lipinski definition) is 4. The molecule has 1 unspecified atom stereocenters. The van der Waals surface area contributed by atoms with Gasteiger partial charge in [0, 0.05) is 23.5 Å². The minimum atomic E-state index is 0.0944. The molecular formula is C14H17NO2S. The van der Waals surface area contributed by atoms with Crippen molar-refractivity contribution >= 4 is 11.3 Å². The fourth-order valence-corrected chi connectivity index (χ4v) is 2.56. The van der Waals surface area contributed by atoms with Crippen molar-refractivity contribution < 1.29 is 10.2 Å². The molecule has 0 radical (unpaired) electrons. The van der Waals surface area contributed by atoms with E-state index < -0.39 is 0 Å². The molecule has 2 rings (SSSR count). The highest BCUT2D eigenvalue weighted by Crippen LogP contribution is 2.24. The van der Waals surface area contributed by atoms with E-state index in [-0.39, 0.29) is 17.5 Å². The molecule has 3 nitrogen and oxygen atoms in total. The molecule has 1 aromatic carbocycles. The standard InChI is InChI=1S/C14H17NO2S/c1-10(11-7-12(16)9-13(17)8-11)15-5-4-14-3-2-6-18-14/h2-3,6-10,15-17H,4-5H2,1H3. The normalized spacial score (nSPS) is 12.5. The second-order valence-electron chi connectivity index (χ2n) is 4.29. The Balaban J connectivity index is 1.89. The van der Waals surface area contributed by atoms with Crippen molar-refractivity contribution in [3.8, 4) is 11.5 Å². The molecule has 0 saturated heterocycles. The lowest BCUT2D eigenvalue weighted by molar-refractivity contribution is 0.446. The molecule has 0 amide bonds. The van der Waals surface area contributed by atoms with Crippen LogP contribution in [-0.4, -0.2) is 16.8 Å². The van der Waals surface area contributed by atoms with Gasteiger partial charge in [0.05, 0.1) is 0 Å². The summed E-state index contributed by atoms with van der Waals surface area (Å²) in [6.45, 7) is 2.89. The van der Waals surface area contributed by atoms with E-state index in [1.165, 1.54) is 10.9 Å². The fraction of sp³-hybridized carbons (Fsp3) is 0.286. The molecule has 3 N–H and O–H groups in total. The van der Waals surface area contributed by atoms with Gasteiger partial charge in [-0.1, -0.05) is 6.07 Å². The van der Waals surface area contributed by atoms with Crippen LogP contribution in [-0.2, 0) is 6.42 Å². The van der Waals surface area contributed by atoms with E-state index in [1.807, 2.05) is 6.92 Å². The molecule has 96 valence electrons. The first-order valence-electron chi connectivity index (χ1n) is 5.94. The molecule has 0 aliphatic carbocycles. The third kappa shape index (κ3) is 3.48. The second-order valence-corrected chi connectivity index (χ2v) is 5.32. The van der Waals surface area contributed by atoms with E-state index in [9.17, 15) is 10.2 Å². The smallest absolute Gasteiger partial charge is 0.119 e. The Morgan fingerprint density at radius 1 is 1.22 bits per heavy atom. The van der Waals surface area contributed by atoms with Crippen LogP contribution in [0.2, 0.25) is 0 Å². The Morgan fingerprint density at radius 2 is 1.94 bits per heavy atom. The molecule has 0 fully saturated rings. The number of phenols is 2. The Kier molecular flexibility index (Phi) is 4.23. The molecule has 2 aromatic rings. The molecule has 0 aliphatic rings. The number of phenolic OH excluding ortho intramolecular Hbond substituents is 2. The van der Waals surface area contributed by atoms with Crippen LogP contribution in [0, 0.1) is 0 Å². The summed E-state index contributed by atoms with van der Waals surface area (Å²) in [4.78, 5) is 1.36. The lowest BCUT2D eigenvalue weighted by Gasteiger charge is -2.14. The van der Waals surface area contributed by atoms with Crippen molar-refractivity contribution in [1.29, 1.82) is 0 Å². The van der Waals surface area contributed by atoms with Gasteiger partial charge in [-0.25, -0.2) is 0 Å². The first-order chi connectivity index (χ1) is 8.65. The average molecular weight is 263 g/mol. The Hall–Kier alpha value is -1.52. The van der Waals surface area contributed by atoms with E-state index in [0.29, 0.717) is 0 Å². The van der Waals surface area contributed by atoms with Gasteiger partial charge in [0.15, 0.2) is 0 Å². The summed E-state index contributed by atoms with van der Waals surface area (Å²) in [5.74, 6) is 0.189. The highest BCUT2D eigenvalue weighted by Gasteiger charge is 2.07. The molecule has 1 atom stereocenters. The molecule has 4 heteroatoms. The van der Waals surface area contributed by atoms with Gasteiger partial charge in [0.2, 0.25) is 0 Å². The number of thiophene rings is 1. The van der Waals surface area contributed by atoms with Gasteiger partial charge in [-0.2, -0.15) is 0 Å². The molecule has 0 aliphatic heterocycles. The van der Waals surface area contributed by atoms with Crippen LogP contribution in [0.4, 0.5) is 0 Å². The van der Waals surface area contributed by atoms with Crippen LogP contribution in [0.5, 0.6) is 11.5 Å². The number of benzene rings is 1. The zero-order chi connectivity index (χ0) is 13.0. The summed E-state index contributed by atoms with van der Waals surface area (Å²) in [6.07, 6.45) is 0.993. The maximum atomic E-state index is 9.43. The topological polar surface area (TPSA) is 52.5 Å². The summed E-state index contributed by atoms with van der Waals surface area (Å²) in [7, 11) is 0. The van der Waals surface area contributed by atoms with E-state index in [1.54, 1.807) is 23.5 Å². The molecule has 1 aromatic heterocycles. The maximum absolute atomic E-state index is 9.43. The third-order valence-electron chi connectivity index (χ3n) is 2.83. The first-order valence-corrected chi connectivity index (χ1v) is 6.82. The number of hydrogen-bond donors (Lipinski definition) is 3. The lowest BCUT2D eigenvalue weighted by atomic mass is 10.1. The summed E-state index contributed by atoms with van der Waals surface area (Å²) < 4.78 is 0. The monoisotopic (exact) mass is 263 g/mol. The molecular weight excluding hydrogens is 246 g/mol. The molecule has 0 bridgehead atoms. The van der Waals surface area contributed by atoms with Gasteiger partial charge in [0.1, 0.15) is 11.5 Å². The van der Waals surface area contributed by atoms with Gasteiger partial charge >= 0.3 is 0 Å². The Morgan fingerprint density at radius 3 is 2.56 bits per heavy atom. The maximum Gasteiger partial charge on any atom is 0.119 e. The van der Waals surface area contributed by atoms with Crippen LogP contribution in [0.3, 0.4) is 0 Å². The van der Waals surface area contributed by atoms with Gasteiger partial charge in [-0.05, 0) is 42.5 Å².